The number of primary amides is 1. The molecule has 0 saturated heterocycles. The quantitative estimate of drug-likeness (QED) is 0.637. The van der Waals surface area contributed by atoms with Crippen molar-refractivity contribution in [2.45, 2.75) is 12.8 Å². The Kier molecular flexibility index (Phi) is 5.15. The molecule has 0 aliphatic carbocycles. The third-order valence-electron chi connectivity index (χ3n) is 1.92. The van der Waals surface area contributed by atoms with Crippen molar-refractivity contribution in [3.05, 3.63) is 24.3 Å². The number of urea groups is 1. The van der Waals surface area contributed by atoms with Gasteiger partial charge in [-0.1, -0.05) is 6.07 Å². The third kappa shape index (κ3) is 4.65. The van der Waals surface area contributed by atoms with Gasteiger partial charge in [0, 0.05) is 18.4 Å². The SMILES string of the molecule is NC(=O)Nc1cccc(OCCCCO)c1. The van der Waals surface area contributed by atoms with Gasteiger partial charge in [-0.05, 0) is 25.0 Å². The molecule has 0 radical (unpaired) electrons. The smallest absolute Gasteiger partial charge is 0.316 e. The zero-order chi connectivity index (χ0) is 11.8. The summed E-state index contributed by atoms with van der Waals surface area (Å²) in [5, 5.41) is 11.1. The lowest BCUT2D eigenvalue weighted by Gasteiger charge is -2.07. The maximum Gasteiger partial charge on any atom is 0.316 e. The number of ether oxygens (including phenoxy) is 1. The van der Waals surface area contributed by atoms with Crippen LogP contribution in [0.5, 0.6) is 5.75 Å². The highest BCUT2D eigenvalue weighted by atomic mass is 16.5. The van der Waals surface area contributed by atoms with Crippen LogP contribution >= 0.6 is 0 Å². The first-order valence-electron chi connectivity index (χ1n) is 5.12. The third-order valence-corrected chi connectivity index (χ3v) is 1.92. The van der Waals surface area contributed by atoms with Gasteiger partial charge in [-0.2, -0.15) is 0 Å². The molecule has 1 rings (SSSR count). The molecule has 0 aliphatic heterocycles. The largest absolute Gasteiger partial charge is 0.494 e. The second-order valence-corrected chi connectivity index (χ2v) is 3.30. The average molecular weight is 224 g/mol. The van der Waals surface area contributed by atoms with Gasteiger partial charge in [0.2, 0.25) is 0 Å². The fourth-order valence-corrected chi connectivity index (χ4v) is 1.21. The molecule has 4 N–H and O–H groups in total. The Morgan fingerprint density at radius 3 is 2.94 bits per heavy atom. The summed E-state index contributed by atoms with van der Waals surface area (Å²) in [6.45, 7) is 0.715. The Hall–Kier alpha value is -1.75. The molecular weight excluding hydrogens is 208 g/mol. The topological polar surface area (TPSA) is 84.6 Å². The minimum atomic E-state index is -0.600. The molecule has 1 aromatic rings. The number of benzene rings is 1. The van der Waals surface area contributed by atoms with Crippen molar-refractivity contribution in [2.75, 3.05) is 18.5 Å². The first-order chi connectivity index (χ1) is 7.72. The first kappa shape index (κ1) is 12.3. The van der Waals surface area contributed by atoms with Crippen LogP contribution in [0.2, 0.25) is 0 Å². The predicted molar refractivity (Wildman–Crippen MR) is 61.5 cm³/mol. The van der Waals surface area contributed by atoms with Crippen LogP contribution in [0, 0.1) is 0 Å². The number of rotatable bonds is 6. The van der Waals surface area contributed by atoms with Crippen LogP contribution in [-0.4, -0.2) is 24.4 Å². The van der Waals surface area contributed by atoms with E-state index in [4.69, 9.17) is 15.6 Å². The van der Waals surface area contributed by atoms with Crippen LogP contribution in [0.25, 0.3) is 0 Å². The molecule has 5 heteroatoms. The van der Waals surface area contributed by atoms with Crippen molar-refractivity contribution in [3.8, 4) is 5.75 Å². The summed E-state index contributed by atoms with van der Waals surface area (Å²) in [5.74, 6) is 0.671. The molecule has 5 nitrogen and oxygen atoms in total. The van der Waals surface area contributed by atoms with E-state index >= 15 is 0 Å². The molecule has 0 heterocycles. The number of hydrogen-bond acceptors (Lipinski definition) is 3. The van der Waals surface area contributed by atoms with Gasteiger partial charge in [-0.15, -0.1) is 0 Å². The number of unbranched alkanes of at least 4 members (excludes halogenated alkanes) is 1. The maximum atomic E-state index is 10.6. The van der Waals surface area contributed by atoms with Crippen LogP contribution < -0.4 is 15.8 Å². The van der Waals surface area contributed by atoms with E-state index in [9.17, 15) is 4.79 Å². The first-order valence-corrected chi connectivity index (χ1v) is 5.12. The van der Waals surface area contributed by atoms with E-state index in [0.717, 1.165) is 12.8 Å². The lowest BCUT2D eigenvalue weighted by molar-refractivity contribution is 0.253. The highest BCUT2D eigenvalue weighted by Crippen LogP contribution is 2.17. The number of aliphatic hydroxyl groups excluding tert-OH is 1. The van der Waals surface area contributed by atoms with Gasteiger partial charge >= 0.3 is 6.03 Å². The van der Waals surface area contributed by atoms with Crippen LogP contribution in [0.1, 0.15) is 12.8 Å². The summed E-state index contributed by atoms with van der Waals surface area (Å²) in [5.41, 5.74) is 5.60. The molecule has 0 atom stereocenters. The van der Waals surface area contributed by atoms with Gasteiger partial charge in [0.15, 0.2) is 0 Å². The van der Waals surface area contributed by atoms with Crippen LogP contribution in [0.15, 0.2) is 24.3 Å². The fraction of sp³-hybridized carbons (Fsp3) is 0.364. The summed E-state index contributed by atoms with van der Waals surface area (Å²) < 4.78 is 5.43. The molecule has 0 bridgehead atoms. The van der Waals surface area contributed by atoms with Crippen molar-refractivity contribution in [3.63, 3.8) is 0 Å². The second kappa shape index (κ2) is 6.68. The van der Waals surface area contributed by atoms with Crippen molar-refractivity contribution < 1.29 is 14.6 Å². The van der Waals surface area contributed by atoms with Crippen LogP contribution in [0.3, 0.4) is 0 Å². The summed E-state index contributed by atoms with van der Waals surface area (Å²) in [6, 6.07) is 6.39. The Bertz CT molecular complexity index is 342. The number of carbonyl (C=O) groups is 1. The lowest BCUT2D eigenvalue weighted by atomic mass is 10.3. The molecule has 16 heavy (non-hydrogen) atoms. The predicted octanol–water partition coefficient (Wildman–Crippen LogP) is 1.33. The Morgan fingerprint density at radius 2 is 2.25 bits per heavy atom. The average Bonchev–Trinajstić information content (AvgIpc) is 2.24. The minimum Gasteiger partial charge on any atom is -0.494 e. The Labute approximate surface area is 94.2 Å². The minimum absolute atomic E-state index is 0.173. The number of amides is 2. The van der Waals surface area contributed by atoms with Crippen molar-refractivity contribution in [1.29, 1.82) is 0 Å². The van der Waals surface area contributed by atoms with Gasteiger partial charge in [-0.25, -0.2) is 4.79 Å². The van der Waals surface area contributed by atoms with Crippen LogP contribution in [0.4, 0.5) is 10.5 Å². The van der Waals surface area contributed by atoms with Gasteiger partial charge in [0.05, 0.1) is 6.61 Å². The number of aliphatic hydroxyl groups is 1. The van der Waals surface area contributed by atoms with Crippen molar-refractivity contribution in [2.24, 2.45) is 5.73 Å². The molecule has 0 saturated carbocycles. The van der Waals surface area contributed by atoms with Gasteiger partial charge in [0.1, 0.15) is 5.75 Å². The summed E-state index contributed by atoms with van der Waals surface area (Å²) in [6.07, 6.45) is 1.52. The molecule has 1 aromatic carbocycles. The van der Waals surface area contributed by atoms with Gasteiger partial charge in [-0.3, -0.25) is 0 Å². The van der Waals surface area contributed by atoms with Gasteiger partial charge < -0.3 is 20.9 Å². The summed E-state index contributed by atoms with van der Waals surface area (Å²) in [7, 11) is 0. The Balaban J connectivity index is 2.44. The van der Waals surface area contributed by atoms with Crippen LogP contribution in [-0.2, 0) is 0 Å². The molecule has 0 fully saturated rings. The van der Waals surface area contributed by atoms with E-state index < -0.39 is 6.03 Å². The highest BCUT2D eigenvalue weighted by molar-refractivity contribution is 5.87. The van der Waals surface area contributed by atoms with Gasteiger partial charge in [0.25, 0.3) is 0 Å². The zero-order valence-electron chi connectivity index (χ0n) is 8.98. The monoisotopic (exact) mass is 224 g/mol. The number of hydrogen-bond donors (Lipinski definition) is 3. The number of anilines is 1. The van der Waals surface area contributed by atoms with E-state index in [1.807, 2.05) is 0 Å². The van der Waals surface area contributed by atoms with E-state index in [1.165, 1.54) is 0 Å². The molecule has 88 valence electrons. The molecule has 0 spiro atoms. The number of nitrogens with one attached hydrogen (secondary N) is 1. The van der Waals surface area contributed by atoms with Crippen molar-refractivity contribution in [1.82, 2.24) is 0 Å². The van der Waals surface area contributed by atoms with Crippen molar-refractivity contribution >= 4 is 11.7 Å². The fourth-order valence-electron chi connectivity index (χ4n) is 1.21. The summed E-state index contributed by atoms with van der Waals surface area (Å²) >= 11 is 0. The molecular formula is C11H16N2O3. The molecule has 0 aliphatic rings. The zero-order valence-corrected chi connectivity index (χ0v) is 8.98. The van der Waals surface area contributed by atoms with E-state index in [2.05, 4.69) is 5.32 Å². The molecule has 0 aromatic heterocycles. The van der Waals surface area contributed by atoms with E-state index in [-0.39, 0.29) is 6.61 Å². The molecule has 2 amide bonds. The lowest BCUT2D eigenvalue weighted by Crippen LogP contribution is -2.19. The number of nitrogens with two attached hydrogens (primary N) is 1. The standard InChI is InChI=1S/C11H16N2O3/c12-11(15)13-9-4-3-5-10(8-9)16-7-2-1-6-14/h3-5,8,14H,1-2,6-7H2,(H3,12,13,15). The second-order valence-electron chi connectivity index (χ2n) is 3.30. The normalized spacial score (nSPS) is 9.81. The maximum absolute atomic E-state index is 10.6. The van der Waals surface area contributed by atoms with E-state index in [0.29, 0.717) is 18.0 Å². The van der Waals surface area contributed by atoms with E-state index in [1.54, 1.807) is 24.3 Å². The highest BCUT2D eigenvalue weighted by Gasteiger charge is 1.98. The Morgan fingerprint density at radius 1 is 1.44 bits per heavy atom. The summed E-state index contributed by atoms with van der Waals surface area (Å²) in [4.78, 5) is 10.6. The number of carbonyl (C=O) groups excluding carboxylic acids is 1. The molecule has 0 unspecified atom stereocenters.